The molecule has 0 saturated heterocycles. The van der Waals surface area contributed by atoms with E-state index in [-0.39, 0.29) is 10.8 Å². The summed E-state index contributed by atoms with van der Waals surface area (Å²) in [6, 6.07) is 11.6. The summed E-state index contributed by atoms with van der Waals surface area (Å²) in [6.07, 6.45) is -0.915. The van der Waals surface area contributed by atoms with Gasteiger partial charge in [0.05, 0.1) is 5.69 Å². The molecule has 0 saturated carbocycles. The summed E-state index contributed by atoms with van der Waals surface area (Å²) in [7, 11) is 1.68. The van der Waals surface area contributed by atoms with E-state index in [0.29, 0.717) is 17.1 Å². The van der Waals surface area contributed by atoms with Crippen LogP contribution >= 0.6 is 11.3 Å². The van der Waals surface area contributed by atoms with Crippen molar-refractivity contribution in [2.24, 2.45) is 0 Å². The normalized spacial score (nSPS) is 12.0. The molecule has 0 spiro atoms. The van der Waals surface area contributed by atoms with E-state index < -0.39 is 12.1 Å². The molecule has 2 aromatic heterocycles. The number of nitrogen functional groups attached to an aromatic ring is 1. The Morgan fingerprint density at radius 3 is 2.61 bits per heavy atom. The number of carbonyl (C=O) groups is 2. The van der Waals surface area contributed by atoms with Crippen molar-refractivity contribution in [3.63, 3.8) is 0 Å². The smallest absolute Gasteiger partial charge is 0.351 e. The van der Waals surface area contributed by atoms with Gasteiger partial charge in [0.15, 0.2) is 6.10 Å². The zero-order chi connectivity index (χ0) is 20.4. The minimum absolute atomic E-state index is 0.276. The maximum Gasteiger partial charge on any atom is 0.351 e. The summed E-state index contributed by atoms with van der Waals surface area (Å²) in [5.41, 5.74) is 9.35. The van der Waals surface area contributed by atoms with Crippen LogP contribution in [0.25, 0.3) is 10.2 Å². The van der Waals surface area contributed by atoms with Gasteiger partial charge in [-0.2, -0.15) is 0 Å². The van der Waals surface area contributed by atoms with Gasteiger partial charge in [0, 0.05) is 24.7 Å². The molecule has 6 nitrogen and oxygen atoms in total. The molecular formula is C21H23N3O3S. The molecule has 1 unspecified atom stereocenters. The molecule has 0 radical (unpaired) electrons. The number of fused-ring (bicyclic) bond motifs is 1. The standard InChI is InChI=1S/C21H23N3O3S/c1-12-10-13(2)23-19-16(12)17(22)18(28-19)21(26)27-14(3)20(25)24(4)11-15-8-6-5-7-9-15/h5-10,14H,11,22H2,1-4H3. The van der Waals surface area contributed by atoms with Gasteiger partial charge in [0.2, 0.25) is 0 Å². The number of hydrogen-bond acceptors (Lipinski definition) is 6. The SMILES string of the molecule is Cc1cc(C)c2c(N)c(C(=O)OC(C)C(=O)N(C)Cc3ccccc3)sc2n1. The fourth-order valence-electron chi connectivity index (χ4n) is 3.13. The largest absolute Gasteiger partial charge is 0.448 e. The summed E-state index contributed by atoms with van der Waals surface area (Å²) in [5, 5.41) is 0.766. The lowest BCUT2D eigenvalue weighted by atomic mass is 10.1. The Morgan fingerprint density at radius 2 is 1.93 bits per heavy atom. The first-order valence-corrected chi connectivity index (χ1v) is 9.75. The van der Waals surface area contributed by atoms with E-state index in [1.54, 1.807) is 14.0 Å². The van der Waals surface area contributed by atoms with Gasteiger partial charge in [0.1, 0.15) is 9.71 Å². The first-order valence-electron chi connectivity index (χ1n) is 8.94. The molecule has 3 aromatic rings. The Bertz CT molecular complexity index is 1030. The molecule has 1 aromatic carbocycles. The lowest BCUT2D eigenvalue weighted by molar-refractivity contribution is -0.139. The summed E-state index contributed by atoms with van der Waals surface area (Å²) < 4.78 is 5.41. The molecule has 7 heteroatoms. The third kappa shape index (κ3) is 3.99. The van der Waals surface area contributed by atoms with Gasteiger partial charge >= 0.3 is 5.97 Å². The number of nitrogens with two attached hydrogens (primary N) is 1. The molecule has 0 aliphatic carbocycles. The summed E-state index contributed by atoms with van der Waals surface area (Å²) >= 11 is 1.19. The first-order chi connectivity index (χ1) is 13.3. The monoisotopic (exact) mass is 397 g/mol. The Morgan fingerprint density at radius 1 is 1.25 bits per heavy atom. The number of rotatable bonds is 5. The number of ether oxygens (including phenoxy) is 1. The second-order valence-corrected chi connectivity index (χ2v) is 7.83. The molecule has 0 aliphatic heterocycles. The Labute approximate surface area is 167 Å². The van der Waals surface area contributed by atoms with Gasteiger partial charge in [-0.05, 0) is 38.0 Å². The van der Waals surface area contributed by atoms with Crippen molar-refractivity contribution in [1.29, 1.82) is 0 Å². The van der Waals surface area contributed by atoms with Crippen molar-refractivity contribution in [2.75, 3.05) is 12.8 Å². The molecule has 0 aliphatic rings. The average molecular weight is 398 g/mol. The van der Waals surface area contributed by atoms with Crippen molar-refractivity contribution < 1.29 is 14.3 Å². The number of thiophene rings is 1. The van der Waals surface area contributed by atoms with Crippen LogP contribution in [0.15, 0.2) is 36.4 Å². The maximum absolute atomic E-state index is 12.6. The van der Waals surface area contributed by atoms with Crippen LogP contribution in [0.3, 0.4) is 0 Å². The number of pyridine rings is 1. The van der Waals surface area contributed by atoms with Crippen LogP contribution in [0.5, 0.6) is 0 Å². The molecule has 1 atom stereocenters. The van der Waals surface area contributed by atoms with Crippen LogP contribution in [-0.2, 0) is 16.1 Å². The van der Waals surface area contributed by atoms with Gasteiger partial charge in [-0.1, -0.05) is 30.3 Å². The lowest BCUT2D eigenvalue weighted by Crippen LogP contribution is -2.37. The number of hydrogen-bond donors (Lipinski definition) is 1. The van der Waals surface area contributed by atoms with Crippen LogP contribution in [0.2, 0.25) is 0 Å². The minimum atomic E-state index is -0.915. The summed E-state index contributed by atoms with van der Waals surface area (Å²) in [5.74, 6) is -0.881. The van der Waals surface area contributed by atoms with Gasteiger partial charge in [-0.15, -0.1) is 11.3 Å². The Balaban J connectivity index is 1.73. The number of esters is 1. The maximum atomic E-state index is 12.6. The predicted octanol–water partition coefficient (Wildman–Crippen LogP) is 3.70. The molecule has 1 amide bonds. The Hall–Kier alpha value is -2.93. The van der Waals surface area contributed by atoms with Crippen LogP contribution in [0.1, 0.15) is 33.4 Å². The number of likely N-dealkylation sites (N-methyl/N-ethyl adjacent to an activating group) is 1. The number of aromatic nitrogens is 1. The van der Waals surface area contributed by atoms with Crippen molar-refractivity contribution in [3.05, 3.63) is 58.1 Å². The van der Waals surface area contributed by atoms with Crippen molar-refractivity contribution >= 4 is 39.1 Å². The van der Waals surface area contributed by atoms with E-state index in [2.05, 4.69) is 4.98 Å². The third-order valence-corrected chi connectivity index (χ3v) is 5.56. The number of benzene rings is 1. The third-order valence-electron chi connectivity index (χ3n) is 4.48. The van der Waals surface area contributed by atoms with E-state index in [9.17, 15) is 9.59 Å². The van der Waals surface area contributed by atoms with Crippen LogP contribution in [-0.4, -0.2) is 34.9 Å². The fourth-order valence-corrected chi connectivity index (χ4v) is 4.23. The van der Waals surface area contributed by atoms with Gasteiger partial charge < -0.3 is 15.4 Å². The van der Waals surface area contributed by atoms with Crippen LogP contribution in [0.4, 0.5) is 5.69 Å². The molecule has 146 valence electrons. The molecule has 3 rings (SSSR count). The van der Waals surface area contributed by atoms with Crippen molar-refractivity contribution in [3.8, 4) is 0 Å². The summed E-state index contributed by atoms with van der Waals surface area (Å²) in [6.45, 7) is 5.83. The zero-order valence-corrected chi connectivity index (χ0v) is 17.2. The number of nitrogens with zero attached hydrogens (tertiary/aromatic N) is 2. The molecule has 0 bridgehead atoms. The van der Waals surface area contributed by atoms with Crippen molar-refractivity contribution in [2.45, 2.75) is 33.4 Å². The van der Waals surface area contributed by atoms with E-state index in [4.69, 9.17) is 10.5 Å². The number of carbonyl (C=O) groups excluding carboxylic acids is 2. The second-order valence-electron chi connectivity index (χ2n) is 6.83. The number of aryl methyl sites for hydroxylation is 2. The number of anilines is 1. The van der Waals surface area contributed by atoms with Gasteiger partial charge in [0.25, 0.3) is 5.91 Å². The quantitative estimate of drug-likeness (QED) is 0.664. The molecule has 2 heterocycles. The van der Waals surface area contributed by atoms with Crippen LogP contribution in [0, 0.1) is 13.8 Å². The highest BCUT2D eigenvalue weighted by atomic mass is 32.1. The fraction of sp³-hybridized carbons (Fsp3) is 0.286. The zero-order valence-electron chi connectivity index (χ0n) is 16.4. The van der Waals surface area contributed by atoms with E-state index in [1.165, 1.54) is 16.2 Å². The molecular weight excluding hydrogens is 374 g/mol. The predicted molar refractivity (Wildman–Crippen MR) is 111 cm³/mol. The molecule has 0 fully saturated rings. The number of amides is 1. The van der Waals surface area contributed by atoms with Gasteiger partial charge in [-0.3, -0.25) is 4.79 Å². The van der Waals surface area contributed by atoms with Crippen LogP contribution < -0.4 is 5.73 Å². The van der Waals surface area contributed by atoms with E-state index >= 15 is 0 Å². The molecule has 2 N–H and O–H groups in total. The second kappa shape index (κ2) is 7.98. The minimum Gasteiger partial charge on any atom is -0.448 e. The van der Waals surface area contributed by atoms with Crippen molar-refractivity contribution in [1.82, 2.24) is 9.88 Å². The topological polar surface area (TPSA) is 85.5 Å². The van der Waals surface area contributed by atoms with Gasteiger partial charge in [-0.25, -0.2) is 9.78 Å². The Kier molecular flexibility index (Phi) is 5.65. The summed E-state index contributed by atoms with van der Waals surface area (Å²) in [4.78, 5) is 32.2. The highest BCUT2D eigenvalue weighted by Crippen LogP contribution is 2.35. The molecule has 28 heavy (non-hydrogen) atoms. The lowest BCUT2D eigenvalue weighted by Gasteiger charge is -2.21. The first kappa shape index (κ1) is 19.8. The van der Waals surface area contributed by atoms with E-state index in [1.807, 2.05) is 50.2 Å². The highest BCUT2D eigenvalue weighted by Gasteiger charge is 2.26. The highest BCUT2D eigenvalue weighted by molar-refractivity contribution is 7.21. The van der Waals surface area contributed by atoms with E-state index in [0.717, 1.165) is 22.2 Å². The average Bonchev–Trinajstić information content (AvgIpc) is 2.98.